The standard InChI is InChI=1S/C19H9F4N3O2S/c20-10-2-4-12(21)11(8-10)18(27)24-15-5-6-29-16(15)19-25-17(26-28-19)9-1-3-13(22)14(23)7-9/h1-8H,(H,24,27). The van der Waals surface area contributed by atoms with Crippen molar-refractivity contribution in [1.29, 1.82) is 0 Å². The Bertz CT molecular complexity index is 1220. The van der Waals surface area contributed by atoms with Crippen molar-refractivity contribution >= 4 is 22.9 Å². The van der Waals surface area contributed by atoms with Crippen molar-refractivity contribution < 1.29 is 26.9 Å². The molecule has 0 aliphatic rings. The number of amides is 1. The summed E-state index contributed by atoms with van der Waals surface area (Å²) in [5.74, 6) is -4.54. The molecule has 2 aromatic carbocycles. The monoisotopic (exact) mass is 419 g/mol. The molecule has 4 rings (SSSR count). The van der Waals surface area contributed by atoms with Crippen LogP contribution in [0.2, 0.25) is 0 Å². The van der Waals surface area contributed by atoms with Crippen LogP contribution in [0, 0.1) is 23.3 Å². The first kappa shape index (κ1) is 18.8. The molecule has 1 N–H and O–H groups in total. The summed E-state index contributed by atoms with van der Waals surface area (Å²) in [7, 11) is 0. The number of anilines is 1. The van der Waals surface area contributed by atoms with Crippen LogP contribution in [0.25, 0.3) is 22.2 Å². The quantitative estimate of drug-likeness (QED) is 0.458. The van der Waals surface area contributed by atoms with Crippen LogP contribution in [0.3, 0.4) is 0 Å². The number of nitrogens with one attached hydrogen (secondary N) is 1. The molecule has 0 aliphatic heterocycles. The molecule has 10 heteroatoms. The Labute approximate surface area is 164 Å². The van der Waals surface area contributed by atoms with Crippen molar-refractivity contribution in [2.75, 3.05) is 5.32 Å². The first-order valence-corrected chi connectivity index (χ1v) is 8.94. The summed E-state index contributed by atoms with van der Waals surface area (Å²) in [6, 6.07) is 7.21. The molecule has 2 aromatic heterocycles. The van der Waals surface area contributed by atoms with Gasteiger partial charge in [-0.25, -0.2) is 17.6 Å². The SMILES string of the molecule is O=C(Nc1ccsc1-c1nc(-c2ccc(F)c(F)c2)no1)c1cc(F)ccc1F. The second-order valence-electron chi connectivity index (χ2n) is 5.79. The Morgan fingerprint density at radius 3 is 2.55 bits per heavy atom. The number of nitrogens with zero attached hydrogens (tertiary/aromatic N) is 2. The maximum Gasteiger partial charge on any atom is 0.270 e. The number of rotatable bonds is 4. The molecule has 146 valence electrons. The maximum absolute atomic E-state index is 13.8. The van der Waals surface area contributed by atoms with Gasteiger partial charge in [-0.1, -0.05) is 5.16 Å². The number of carbonyl (C=O) groups is 1. The molecular weight excluding hydrogens is 410 g/mol. The summed E-state index contributed by atoms with van der Waals surface area (Å²) in [4.78, 5) is 16.8. The molecule has 1 amide bonds. The van der Waals surface area contributed by atoms with E-state index in [1.54, 1.807) is 5.38 Å². The second kappa shape index (κ2) is 7.47. The third-order valence-corrected chi connectivity index (χ3v) is 4.79. The zero-order valence-corrected chi connectivity index (χ0v) is 15.1. The van der Waals surface area contributed by atoms with Gasteiger partial charge in [0.25, 0.3) is 11.8 Å². The first-order chi connectivity index (χ1) is 13.9. The van der Waals surface area contributed by atoms with Crippen molar-refractivity contribution in [2.45, 2.75) is 0 Å². The van der Waals surface area contributed by atoms with Crippen LogP contribution >= 0.6 is 11.3 Å². The van der Waals surface area contributed by atoms with E-state index in [0.717, 1.165) is 41.7 Å². The smallest absolute Gasteiger partial charge is 0.270 e. The molecule has 0 atom stereocenters. The predicted molar refractivity (Wildman–Crippen MR) is 97.3 cm³/mol. The van der Waals surface area contributed by atoms with Crippen LogP contribution in [0.5, 0.6) is 0 Å². The fraction of sp³-hybridized carbons (Fsp3) is 0. The third-order valence-electron chi connectivity index (χ3n) is 3.88. The van der Waals surface area contributed by atoms with E-state index in [1.807, 2.05) is 0 Å². The normalized spacial score (nSPS) is 10.9. The highest BCUT2D eigenvalue weighted by Gasteiger charge is 2.20. The van der Waals surface area contributed by atoms with E-state index in [2.05, 4.69) is 15.5 Å². The van der Waals surface area contributed by atoms with Gasteiger partial charge >= 0.3 is 0 Å². The van der Waals surface area contributed by atoms with E-state index >= 15 is 0 Å². The predicted octanol–water partition coefficient (Wildman–Crippen LogP) is 5.27. The highest BCUT2D eigenvalue weighted by atomic mass is 32.1. The number of thiophene rings is 1. The van der Waals surface area contributed by atoms with Crippen molar-refractivity contribution in [1.82, 2.24) is 10.1 Å². The summed E-state index contributed by atoms with van der Waals surface area (Å²) in [5.41, 5.74) is -0.0258. The molecule has 5 nitrogen and oxygen atoms in total. The fourth-order valence-electron chi connectivity index (χ4n) is 2.50. The van der Waals surface area contributed by atoms with Crippen LogP contribution < -0.4 is 5.32 Å². The fourth-order valence-corrected chi connectivity index (χ4v) is 3.27. The lowest BCUT2D eigenvalue weighted by Gasteiger charge is -2.06. The Morgan fingerprint density at radius 1 is 0.966 bits per heavy atom. The highest BCUT2D eigenvalue weighted by Crippen LogP contribution is 2.34. The molecule has 0 spiro atoms. The van der Waals surface area contributed by atoms with E-state index in [1.165, 1.54) is 12.1 Å². The molecule has 0 unspecified atom stereocenters. The van der Waals surface area contributed by atoms with E-state index < -0.39 is 34.7 Å². The lowest BCUT2D eigenvalue weighted by atomic mass is 10.2. The number of hydrogen-bond donors (Lipinski definition) is 1. The molecule has 0 aliphatic carbocycles. The summed E-state index contributed by atoms with van der Waals surface area (Å²) in [6.45, 7) is 0. The maximum atomic E-state index is 13.8. The summed E-state index contributed by atoms with van der Waals surface area (Å²) in [6.07, 6.45) is 0. The minimum Gasteiger partial charge on any atom is -0.333 e. The average molecular weight is 419 g/mol. The van der Waals surface area contributed by atoms with Crippen molar-refractivity contribution in [3.63, 3.8) is 0 Å². The van der Waals surface area contributed by atoms with Gasteiger partial charge in [0.15, 0.2) is 11.6 Å². The van der Waals surface area contributed by atoms with E-state index in [-0.39, 0.29) is 23.0 Å². The van der Waals surface area contributed by atoms with E-state index in [9.17, 15) is 22.4 Å². The minimum atomic E-state index is -1.06. The Kier molecular flexibility index (Phi) is 4.85. The summed E-state index contributed by atoms with van der Waals surface area (Å²) >= 11 is 1.15. The number of carbonyl (C=O) groups excluding carboxylic acids is 1. The molecule has 0 fully saturated rings. The molecule has 29 heavy (non-hydrogen) atoms. The largest absolute Gasteiger partial charge is 0.333 e. The van der Waals surface area contributed by atoms with Crippen LogP contribution in [0.15, 0.2) is 52.4 Å². The Hall–Kier alpha value is -3.53. The van der Waals surface area contributed by atoms with Gasteiger partial charge in [-0.05, 0) is 47.8 Å². The zero-order valence-electron chi connectivity index (χ0n) is 14.2. The lowest BCUT2D eigenvalue weighted by molar-refractivity contribution is 0.102. The number of halogens is 4. The molecule has 2 heterocycles. The van der Waals surface area contributed by atoms with Crippen molar-refractivity contribution in [3.8, 4) is 22.2 Å². The van der Waals surface area contributed by atoms with Gasteiger partial charge in [0.2, 0.25) is 5.82 Å². The van der Waals surface area contributed by atoms with Gasteiger partial charge in [0, 0.05) is 5.56 Å². The van der Waals surface area contributed by atoms with Gasteiger partial charge < -0.3 is 9.84 Å². The van der Waals surface area contributed by atoms with Gasteiger partial charge in [-0.15, -0.1) is 11.3 Å². The lowest BCUT2D eigenvalue weighted by Crippen LogP contribution is -2.14. The summed E-state index contributed by atoms with van der Waals surface area (Å²) in [5, 5.41) is 7.81. The summed E-state index contributed by atoms with van der Waals surface area (Å²) < 4.78 is 58.8. The molecule has 4 aromatic rings. The topological polar surface area (TPSA) is 68.0 Å². The minimum absolute atomic E-state index is 0.00903. The molecule has 0 saturated heterocycles. The van der Waals surface area contributed by atoms with E-state index in [0.29, 0.717) is 4.88 Å². The molecule has 0 bridgehead atoms. The van der Waals surface area contributed by atoms with Crippen LogP contribution in [0.1, 0.15) is 10.4 Å². The zero-order chi connectivity index (χ0) is 20.5. The van der Waals surface area contributed by atoms with Gasteiger partial charge in [-0.3, -0.25) is 4.79 Å². The van der Waals surface area contributed by atoms with Crippen LogP contribution in [-0.2, 0) is 0 Å². The van der Waals surface area contributed by atoms with Gasteiger partial charge in [0.05, 0.1) is 11.3 Å². The van der Waals surface area contributed by atoms with Crippen LogP contribution in [-0.4, -0.2) is 16.0 Å². The van der Waals surface area contributed by atoms with Gasteiger partial charge in [-0.2, -0.15) is 4.98 Å². The Morgan fingerprint density at radius 2 is 1.76 bits per heavy atom. The average Bonchev–Trinajstić information content (AvgIpc) is 3.35. The molecule has 0 radical (unpaired) electrons. The van der Waals surface area contributed by atoms with Crippen molar-refractivity contribution in [3.05, 3.63) is 76.7 Å². The van der Waals surface area contributed by atoms with Gasteiger partial charge in [0.1, 0.15) is 16.5 Å². The first-order valence-electron chi connectivity index (χ1n) is 8.06. The second-order valence-corrected chi connectivity index (χ2v) is 6.71. The van der Waals surface area contributed by atoms with Crippen molar-refractivity contribution in [2.24, 2.45) is 0 Å². The molecule has 0 saturated carbocycles. The highest BCUT2D eigenvalue weighted by molar-refractivity contribution is 7.14. The number of benzene rings is 2. The Balaban J connectivity index is 1.61. The third kappa shape index (κ3) is 3.74. The molecular formula is C19H9F4N3O2S. The number of aromatic nitrogens is 2. The van der Waals surface area contributed by atoms with E-state index in [4.69, 9.17) is 4.52 Å². The number of hydrogen-bond acceptors (Lipinski definition) is 5. The van der Waals surface area contributed by atoms with Crippen LogP contribution in [0.4, 0.5) is 23.2 Å².